The van der Waals surface area contributed by atoms with Crippen molar-refractivity contribution in [2.24, 2.45) is 5.92 Å². The number of imide groups is 1. The highest BCUT2D eigenvalue weighted by atomic mass is 32.1. The topological polar surface area (TPSA) is 93.0 Å². The van der Waals surface area contributed by atoms with Gasteiger partial charge in [0.05, 0.1) is 16.3 Å². The van der Waals surface area contributed by atoms with E-state index < -0.39 is 23.0 Å². The zero-order valence-corrected chi connectivity index (χ0v) is 19.6. The summed E-state index contributed by atoms with van der Waals surface area (Å²) in [6.45, 7) is 0. The molecule has 2 aliphatic heterocycles. The predicted molar refractivity (Wildman–Crippen MR) is 135 cm³/mol. The lowest BCUT2D eigenvalue weighted by Gasteiger charge is -2.27. The highest BCUT2D eigenvalue weighted by Gasteiger charge is 2.60. The van der Waals surface area contributed by atoms with E-state index in [1.807, 2.05) is 48.5 Å². The molecule has 9 heteroatoms. The first kappa shape index (κ1) is 22.1. The number of anilines is 2. The van der Waals surface area contributed by atoms with Gasteiger partial charge in [-0.25, -0.2) is 9.96 Å². The molecular weight excluding hydrogens is 478 g/mol. The minimum Gasteiger partial charge on any atom is -0.273 e. The van der Waals surface area contributed by atoms with Crippen LogP contribution in [0.25, 0.3) is 10.4 Å². The minimum atomic E-state index is -0.937. The molecule has 8 nitrogen and oxygen atoms in total. The largest absolute Gasteiger partial charge is 0.273 e. The molecular formula is C27H19N3O5S. The Morgan fingerprint density at radius 1 is 0.778 bits per heavy atom. The molecule has 0 radical (unpaired) electrons. The minimum absolute atomic E-state index is 0.0221. The number of benzene rings is 3. The number of non-ortho nitro benzene ring substituents is 1. The van der Waals surface area contributed by atoms with E-state index in [0.717, 1.165) is 21.0 Å². The molecule has 2 saturated heterocycles. The summed E-state index contributed by atoms with van der Waals surface area (Å²) in [5.74, 6) is -1.40. The number of nitro groups is 1. The van der Waals surface area contributed by atoms with Crippen LogP contribution in [-0.4, -0.2) is 22.8 Å². The molecule has 2 aliphatic rings. The molecule has 0 bridgehead atoms. The van der Waals surface area contributed by atoms with Gasteiger partial charge in [0, 0.05) is 21.9 Å². The second-order valence-electron chi connectivity index (χ2n) is 8.51. The van der Waals surface area contributed by atoms with Crippen molar-refractivity contribution in [1.82, 2.24) is 0 Å². The van der Waals surface area contributed by atoms with Crippen LogP contribution in [0.1, 0.15) is 10.9 Å². The molecule has 4 aromatic rings. The third kappa shape index (κ3) is 3.57. The van der Waals surface area contributed by atoms with Gasteiger partial charge in [0.15, 0.2) is 6.10 Å². The Balaban J connectivity index is 1.40. The molecule has 1 aromatic heterocycles. The van der Waals surface area contributed by atoms with Gasteiger partial charge in [-0.2, -0.15) is 0 Å². The molecule has 0 unspecified atom stereocenters. The number of nitrogens with zero attached hydrogens (tertiary/aromatic N) is 3. The summed E-state index contributed by atoms with van der Waals surface area (Å²) in [7, 11) is 0. The van der Waals surface area contributed by atoms with Crippen LogP contribution in [0, 0.1) is 16.0 Å². The van der Waals surface area contributed by atoms with Crippen molar-refractivity contribution in [1.29, 1.82) is 0 Å². The van der Waals surface area contributed by atoms with Gasteiger partial charge in [0.2, 0.25) is 5.91 Å². The number of carbonyl (C=O) groups excluding carboxylic acids is 2. The third-order valence-electron chi connectivity index (χ3n) is 6.42. The fourth-order valence-electron chi connectivity index (χ4n) is 4.75. The van der Waals surface area contributed by atoms with Crippen molar-refractivity contribution in [3.05, 3.63) is 112 Å². The van der Waals surface area contributed by atoms with E-state index in [9.17, 15) is 19.7 Å². The first-order chi connectivity index (χ1) is 17.5. The summed E-state index contributed by atoms with van der Waals surface area (Å²) >= 11 is 1.47. The predicted octanol–water partition coefficient (Wildman–Crippen LogP) is 5.37. The summed E-state index contributed by atoms with van der Waals surface area (Å²) in [5, 5.41) is 12.7. The van der Waals surface area contributed by atoms with Crippen LogP contribution < -0.4 is 9.96 Å². The van der Waals surface area contributed by atoms with Crippen molar-refractivity contribution >= 4 is 40.2 Å². The summed E-state index contributed by atoms with van der Waals surface area (Å²) in [6.07, 6.45) is -0.937. The monoisotopic (exact) mass is 497 g/mol. The molecule has 3 aromatic carbocycles. The number of para-hydroxylation sites is 2. The van der Waals surface area contributed by atoms with E-state index in [-0.39, 0.29) is 17.5 Å². The number of carbonyl (C=O) groups is 2. The van der Waals surface area contributed by atoms with Crippen LogP contribution >= 0.6 is 11.3 Å². The second kappa shape index (κ2) is 8.71. The SMILES string of the molecule is O=C1[C@@H]2[C@@H](ON(c3ccccc3)[C@H]2c2ccc(-c3ccc([N+](=O)[O-])cc3)s2)C(=O)N1c1ccccc1. The number of fused-ring (bicyclic) bond motifs is 1. The summed E-state index contributed by atoms with van der Waals surface area (Å²) in [6, 6.07) is 28.0. The number of nitro benzene ring substituents is 1. The molecule has 36 heavy (non-hydrogen) atoms. The average molecular weight is 498 g/mol. The van der Waals surface area contributed by atoms with Gasteiger partial charge in [0.25, 0.3) is 11.6 Å². The highest BCUT2D eigenvalue weighted by Crippen LogP contribution is 2.49. The Morgan fingerprint density at radius 2 is 1.42 bits per heavy atom. The molecule has 2 fully saturated rings. The van der Waals surface area contributed by atoms with E-state index in [1.165, 1.54) is 28.4 Å². The number of amides is 2. The van der Waals surface area contributed by atoms with E-state index in [0.29, 0.717) is 5.69 Å². The molecule has 3 heterocycles. The first-order valence-electron chi connectivity index (χ1n) is 11.3. The Bertz CT molecular complexity index is 1460. The quantitative estimate of drug-likeness (QED) is 0.209. The molecule has 0 N–H and O–H groups in total. The molecule has 2 amide bonds. The summed E-state index contributed by atoms with van der Waals surface area (Å²) in [5.41, 5.74) is 2.12. The van der Waals surface area contributed by atoms with Gasteiger partial charge < -0.3 is 0 Å². The Labute approximate surface area is 210 Å². The highest BCUT2D eigenvalue weighted by molar-refractivity contribution is 7.15. The van der Waals surface area contributed by atoms with Gasteiger partial charge >= 0.3 is 0 Å². The van der Waals surface area contributed by atoms with Crippen molar-refractivity contribution < 1.29 is 19.3 Å². The third-order valence-corrected chi connectivity index (χ3v) is 7.63. The zero-order chi connectivity index (χ0) is 24.8. The fraction of sp³-hybridized carbons (Fsp3) is 0.111. The van der Waals surface area contributed by atoms with Gasteiger partial charge in [-0.1, -0.05) is 36.4 Å². The Hall–Kier alpha value is -4.34. The van der Waals surface area contributed by atoms with E-state index in [1.54, 1.807) is 41.5 Å². The molecule has 178 valence electrons. The molecule has 6 rings (SSSR count). The van der Waals surface area contributed by atoms with Gasteiger partial charge in [0.1, 0.15) is 12.0 Å². The summed E-state index contributed by atoms with van der Waals surface area (Å²) < 4.78 is 0. The van der Waals surface area contributed by atoms with E-state index >= 15 is 0 Å². The van der Waals surface area contributed by atoms with Crippen molar-refractivity contribution in [3.8, 4) is 10.4 Å². The number of hydroxylamine groups is 1. The molecule has 0 saturated carbocycles. The molecule has 0 aliphatic carbocycles. The van der Waals surface area contributed by atoms with Crippen LogP contribution in [0.5, 0.6) is 0 Å². The van der Waals surface area contributed by atoms with Crippen LogP contribution in [0.3, 0.4) is 0 Å². The van der Waals surface area contributed by atoms with Crippen molar-refractivity contribution in [2.75, 3.05) is 9.96 Å². The van der Waals surface area contributed by atoms with E-state index in [4.69, 9.17) is 4.84 Å². The number of rotatable bonds is 5. The van der Waals surface area contributed by atoms with Crippen molar-refractivity contribution in [2.45, 2.75) is 12.1 Å². The zero-order valence-electron chi connectivity index (χ0n) is 18.8. The maximum atomic E-state index is 13.7. The first-order valence-corrected chi connectivity index (χ1v) is 12.1. The second-order valence-corrected chi connectivity index (χ2v) is 9.63. The lowest BCUT2D eigenvalue weighted by molar-refractivity contribution is -0.384. The maximum Gasteiger partial charge on any atom is 0.269 e. The van der Waals surface area contributed by atoms with Crippen LogP contribution in [0.4, 0.5) is 17.1 Å². The lowest BCUT2D eigenvalue weighted by Crippen LogP contribution is -2.37. The smallest absolute Gasteiger partial charge is 0.269 e. The van der Waals surface area contributed by atoms with Crippen molar-refractivity contribution in [3.63, 3.8) is 0 Å². The van der Waals surface area contributed by atoms with E-state index in [2.05, 4.69) is 0 Å². The van der Waals surface area contributed by atoms with Crippen LogP contribution in [0.2, 0.25) is 0 Å². The number of hydrogen-bond donors (Lipinski definition) is 0. The maximum absolute atomic E-state index is 13.7. The normalized spacial score (nSPS) is 21.2. The van der Waals surface area contributed by atoms with Gasteiger partial charge in [-0.05, 0) is 54.1 Å². The molecule has 3 atom stereocenters. The van der Waals surface area contributed by atoms with Gasteiger partial charge in [-0.15, -0.1) is 11.3 Å². The summed E-state index contributed by atoms with van der Waals surface area (Å²) in [4.78, 5) is 46.8. The lowest BCUT2D eigenvalue weighted by atomic mass is 9.95. The Morgan fingerprint density at radius 3 is 2.06 bits per heavy atom. The standard InChI is InChI=1S/C27H19N3O5S/c31-26-23-24(22-16-15-21(36-22)17-11-13-20(14-12-17)30(33)34)29(19-9-5-2-6-10-19)35-25(23)27(32)28(26)18-7-3-1-4-8-18/h1-16,23-25H/t23-,24-,25+/m0/s1. The van der Waals surface area contributed by atoms with Crippen LogP contribution in [-0.2, 0) is 14.4 Å². The van der Waals surface area contributed by atoms with Gasteiger partial charge in [-0.3, -0.25) is 24.5 Å². The fourth-order valence-corrected chi connectivity index (χ4v) is 5.89. The number of thiophene rings is 1. The van der Waals surface area contributed by atoms with Crippen LogP contribution in [0.15, 0.2) is 97.1 Å². The number of hydrogen-bond acceptors (Lipinski definition) is 7. The Kier molecular flexibility index (Phi) is 5.36. The average Bonchev–Trinajstić information content (AvgIpc) is 3.60. The molecule has 0 spiro atoms.